The first-order valence-electron chi connectivity index (χ1n) is 7.34. The van der Waals surface area contributed by atoms with E-state index in [1.807, 2.05) is 18.2 Å². The van der Waals surface area contributed by atoms with Gasteiger partial charge in [0.05, 0.1) is 0 Å². The van der Waals surface area contributed by atoms with Gasteiger partial charge in [-0.25, -0.2) is 4.79 Å². The van der Waals surface area contributed by atoms with Gasteiger partial charge >= 0.3 is 5.97 Å². The smallest absolute Gasteiger partial charge is 0.326 e. The Bertz CT molecular complexity index is 787. The number of hydrogen-bond acceptors (Lipinski definition) is 3. The number of amides is 2. The predicted molar refractivity (Wildman–Crippen MR) is 92.5 cm³/mol. The van der Waals surface area contributed by atoms with Crippen molar-refractivity contribution in [2.75, 3.05) is 0 Å². The third-order valence-electron chi connectivity index (χ3n) is 3.59. The molecule has 2 rings (SSSR count). The first-order chi connectivity index (χ1) is 11.3. The highest BCUT2D eigenvalue weighted by atomic mass is 79.9. The van der Waals surface area contributed by atoms with Crippen molar-refractivity contribution < 1.29 is 19.5 Å². The molecular weight excluding hydrogens is 378 g/mol. The number of hydrogen-bond donors (Lipinski definition) is 4. The molecule has 1 aromatic carbocycles. The van der Waals surface area contributed by atoms with Crippen molar-refractivity contribution in [3.8, 4) is 0 Å². The van der Waals surface area contributed by atoms with E-state index in [2.05, 4.69) is 31.5 Å². The fourth-order valence-corrected chi connectivity index (χ4v) is 3.08. The number of fused-ring (bicyclic) bond motifs is 1. The molecule has 0 fully saturated rings. The predicted octanol–water partition coefficient (Wildman–Crippen LogP) is 1.57. The summed E-state index contributed by atoms with van der Waals surface area (Å²) in [6.45, 7) is 2.79. The topological polar surface area (TPSA) is 111 Å². The van der Waals surface area contributed by atoms with Crippen LogP contribution in [0.15, 0.2) is 28.9 Å². The van der Waals surface area contributed by atoms with Crippen LogP contribution in [0.4, 0.5) is 0 Å². The lowest BCUT2D eigenvalue weighted by Gasteiger charge is -2.18. The Hall–Kier alpha value is -2.35. The molecule has 2 amide bonds. The van der Waals surface area contributed by atoms with Crippen molar-refractivity contribution in [2.45, 2.75) is 32.4 Å². The maximum atomic E-state index is 12.0. The van der Waals surface area contributed by atoms with Crippen LogP contribution in [0.3, 0.4) is 0 Å². The molecule has 128 valence electrons. The van der Waals surface area contributed by atoms with Crippen molar-refractivity contribution in [1.82, 2.24) is 15.6 Å². The van der Waals surface area contributed by atoms with Crippen LogP contribution in [0.25, 0.3) is 10.9 Å². The molecule has 1 aromatic heterocycles. The highest BCUT2D eigenvalue weighted by molar-refractivity contribution is 9.10. The normalized spacial score (nSPS) is 13.3. The van der Waals surface area contributed by atoms with Gasteiger partial charge in [0, 0.05) is 34.9 Å². The number of aromatic amines is 1. The standard InChI is InChI=1S/C16H18BrN3O4/c1-8(19-9(2)21)15(22)20-13(16(23)24)6-10-7-18-12-5-3-4-11(17)14(10)12/h3-5,7-8,13,18H,6H2,1-2H3,(H,19,21)(H,20,22)(H,23,24). The van der Waals surface area contributed by atoms with Crippen molar-refractivity contribution in [1.29, 1.82) is 0 Å². The molecule has 0 spiro atoms. The number of aliphatic carboxylic acids is 1. The van der Waals surface area contributed by atoms with Crippen molar-refractivity contribution >= 4 is 44.6 Å². The molecule has 24 heavy (non-hydrogen) atoms. The molecule has 4 N–H and O–H groups in total. The molecule has 0 bridgehead atoms. The average Bonchev–Trinajstić information content (AvgIpc) is 2.90. The zero-order chi connectivity index (χ0) is 17.9. The molecule has 0 aliphatic carbocycles. The Morgan fingerprint density at radius 3 is 2.62 bits per heavy atom. The molecule has 1 heterocycles. The molecule has 0 aliphatic rings. The lowest BCUT2D eigenvalue weighted by atomic mass is 10.0. The molecule has 7 nitrogen and oxygen atoms in total. The summed E-state index contributed by atoms with van der Waals surface area (Å²) in [4.78, 5) is 37.6. The van der Waals surface area contributed by atoms with Gasteiger partial charge in [0.2, 0.25) is 11.8 Å². The number of halogens is 1. The first-order valence-corrected chi connectivity index (χ1v) is 8.13. The van der Waals surface area contributed by atoms with E-state index in [4.69, 9.17) is 0 Å². The number of carboxylic acid groups (broad SMARTS) is 1. The third-order valence-corrected chi connectivity index (χ3v) is 4.25. The molecule has 0 saturated heterocycles. The Balaban J connectivity index is 2.18. The summed E-state index contributed by atoms with van der Waals surface area (Å²) in [6.07, 6.45) is 1.85. The van der Waals surface area contributed by atoms with Gasteiger partial charge in [0.15, 0.2) is 0 Å². The summed E-state index contributed by atoms with van der Waals surface area (Å²) in [7, 11) is 0. The first kappa shape index (κ1) is 18.0. The molecule has 8 heteroatoms. The fourth-order valence-electron chi connectivity index (χ4n) is 2.46. The van der Waals surface area contributed by atoms with E-state index >= 15 is 0 Å². The molecular formula is C16H18BrN3O4. The third kappa shape index (κ3) is 4.14. The zero-order valence-corrected chi connectivity index (χ0v) is 14.8. The SMILES string of the molecule is CC(=O)NC(C)C(=O)NC(Cc1c[nH]c2cccc(Br)c12)C(=O)O. The maximum absolute atomic E-state index is 12.0. The van der Waals surface area contributed by atoms with Crippen LogP contribution in [0.2, 0.25) is 0 Å². The number of aromatic nitrogens is 1. The maximum Gasteiger partial charge on any atom is 0.326 e. The lowest BCUT2D eigenvalue weighted by molar-refractivity contribution is -0.142. The van der Waals surface area contributed by atoms with Crippen LogP contribution >= 0.6 is 15.9 Å². The number of carboxylic acids is 1. The van der Waals surface area contributed by atoms with Gasteiger partial charge in [-0.3, -0.25) is 9.59 Å². The minimum absolute atomic E-state index is 0.122. The van der Waals surface area contributed by atoms with Crippen LogP contribution in [-0.4, -0.2) is 40.0 Å². The van der Waals surface area contributed by atoms with E-state index in [0.717, 1.165) is 20.9 Å². The minimum Gasteiger partial charge on any atom is -0.480 e. The van der Waals surface area contributed by atoms with E-state index in [9.17, 15) is 19.5 Å². The Morgan fingerprint density at radius 2 is 2.00 bits per heavy atom. The Morgan fingerprint density at radius 1 is 1.29 bits per heavy atom. The summed E-state index contributed by atoms with van der Waals surface area (Å²) in [6, 6.07) is 3.72. The Labute approximate surface area is 146 Å². The molecule has 2 aromatic rings. The van der Waals surface area contributed by atoms with Crippen LogP contribution in [0, 0.1) is 0 Å². The van der Waals surface area contributed by atoms with E-state index in [0.29, 0.717) is 0 Å². The van der Waals surface area contributed by atoms with Gasteiger partial charge in [-0.05, 0) is 24.6 Å². The summed E-state index contributed by atoms with van der Waals surface area (Å²) < 4.78 is 0.846. The summed E-state index contributed by atoms with van der Waals surface area (Å²) in [5.41, 5.74) is 1.65. The monoisotopic (exact) mass is 395 g/mol. The second-order valence-electron chi connectivity index (χ2n) is 5.50. The molecule has 0 radical (unpaired) electrons. The molecule has 2 atom stereocenters. The highest BCUT2D eigenvalue weighted by Crippen LogP contribution is 2.27. The number of benzene rings is 1. The zero-order valence-electron chi connectivity index (χ0n) is 13.2. The summed E-state index contributed by atoms with van der Waals surface area (Å²) in [5, 5.41) is 15.2. The second kappa shape index (κ2) is 7.48. The van der Waals surface area contributed by atoms with Crippen LogP contribution in [0.5, 0.6) is 0 Å². The number of carbonyl (C=O) groups excluding carboxylic acids is 2. The van der Waals surface area contributed by atoms with Crippen LogP contribution < -0.4 is 10.6 Å². The van der Waals surface area contributed by atoms with Gasteiger partial charge in [-0.1, -0.05) is 22.0 Å². The summed E-state index contributed by atoms with van der Waals surface area (Å²) in [5.74, 6) is -2.04. The minimum atomic E-state index is -1.14. The number of rotatable bonds is 6. The van der Waals surface area contributed by atoms with Gasteiger partial charge in [-0.15, -0.1) is 0 Å². The molecule has 0 saturated carbocycles. The van der Waals surface area contributed by atoms with Crippen molar-refractivity contribution in [3.63, 3.8) is 0 Å². The molecule has 0 aliphatic heterocycles. The van der Waals surface area contributed by atoms with Gasteiger partial charge < -0.3 is 20.7 Å². The van der Waals surface area contributed by atoms with Gasteiger partial charge in [0.1, 0.15) is 12.1 Å². The van der Waals surface area contributed by atoms with Crippen LogP contribution in [-0.2, 0) is 20.8 Å². The van der Waals surface area contributed by atoms with E-state index < -0.39 is 24.0 Å². The number of H-pyrrole nitrogens is 1. The average molecular weight is 396 g/mol. The largest absolute Gasteiger partial charge is 0.480 e. The lowest BCUT2D eigenvalue weighted by Crippen LogP contribution is -2.50. The van der Waals surface area contributed by atoms with Gasteiger partial charge in [0.25, 0.3) is 0 Å². The Kier molecular flexibility index (Phi) is 5.61. The van der Waals surface area contributed by atoms with Crippen molar-refractivity contribution in [3.05, 3.63) is 34.4 Å². The summed E-state index contributed by atoms with van der Waals surface area (Å²) >= 11 is 3.45. The highest BCUT2D eigenvalue weighted by Gasteiger charge is 2.25. The quantitative estimate of drug-likeness (QED) is 0.594. The second-order valence-corrected chi connectivity index (χ2v) is 6.36. The fraction of sp³-hybridized carbons (Fsp3) is 0.312. The number of carbonyl (C=O) groups is 3. The van der Waals surface area contributed by atoms with E-state index in [1.165, 1.54) is 13.8 Å². The van der Waals surface area contributed by atoms with Gasteiger partial charge in [-0.2, -0.15) is 0 Å². The molecule has 2 unspecified atom stereocenters. The van der Waals surface area contributed by atoms with Crippen LogP contribution in [0.1, 0.15) is 19.4 Å². The van der Waals surface area contributed by atoms with Crippen molar-refractivity contribution in [2.24, 2.45) is 0 Å². The van der Waals surface area contributed by atoms with E-state index in [-0.39, 0.29) is 12.3 Å². The van der Waals surface area contributed by atoms with E-state index in [1.54, 1.807) is 6.20 Å². The number of nitrogens with one attached hydrogen (secondary N) is 3.